The van der Waals surface area contributed by atoms with Crippen molar-refractivity contribution in [2.24, 2.45) is 0 Å². The second kappa shape index (κ2) is 5.53. The summed E-state index contributed by atoms with van der Waals surface area (Å²) >= 11 is 3.50. The number of hydrogen-bond acceptors (Lipinski definition) is 1. The third-order valence-corrected chi connectivity index (χ3v) is 3.82. The van der Waals surface area contributed by atoms with Gasteiger partial charge in [0, 0.05) is 16.7 Å². The van der Waals surface area contributed by atoms with E-state index in [1.165, 1.54) is 11.6 Å². The molecule has 18 heavy (non-hydrogen) atoms. The zero-order chi connectivity index (χ0) is 13.1. The van der Waals surface area contributed by atoms with E-state index in [-0.39, 0.29) is 5.82 Å². The number of rotatable bonds is 3. The molecule has 3 heteroatoms. The molecule has 0 aromatic heterocycles. The third-order valence-electron chi connectivity index (χ3n) is 2.97. The second-order valence-electron chi connectivity index (χ2n) is 4.39. The number of nitrogens with one attached hydrogen (secondary N) is 1. The number of benzene rings is 2. The lowest BCUT2D eigenvalue weighted by Crippen LogP contribution is -2.02. The first-order chi connectivity index (χ1) is 8.56. The highest BCUT2D eigenvalue weighted by Gasteiger charge is 2.01. The molecule has 2 aromatic carbocycles. The van der Waals surface area contributed by atoms with E-state index in [9.17, 15) is 4.39 Å². The second-order valence-corrected chi connectivity index (χ2v) is 5.24. The maximum absolute atomic E-state index is 13.2. The summed E-state index contributed by atoms with van der Waals surface area (Å²) in [6.07, 6.45) is 0. The average molecular weight is 308 g/mol. The van der Waals surface area contributed by atoms with Gasteiger partial charge in [0.1, 0.15) is 5.82 Å². The molecule has 1 N–H and O–H groups in total. The zero-order valence-electron chi connectivity index (χ0n) is 10.4. The van der Waals surface area contributed by atoms with Crippen LogP contribution in [0.2, 0.25) is 0 Å². The number of halogens is 2. The summed E-state index contributed by atoms with van der Waals surface area (Å²) < 4.78 is 14.2. The van der Waals surface area contributed by atoms with Crippen molar-refractivity contribution in [3.63, 3.8) is 0 Å². The van der Waals surface area contributed by atoms with Crippen molar-refractivity contribution >= 4 is 21.6 Å². The monoisotopic (exact) mass is 307 g/mol. The normalized spacial score (nSPS) is 10.4. The largest absolute Gasteiger partial charge is 0.381 e. The smallest absolute Gasteiger partial charge is 0.123 e. The van der Waals surface area contributed by atoms with Crippen LogP contribution in [0.4, 0.5) is 10.1 Å². The Kier molecular flexibility index (Phi) is 4.02. The van der Waals surface area contributed by atoms with Crippen LogP contribution in [0.3, 0.4) is 0 Å². The standard InChI is InChI=1S/C15H15BrFN/c1-10-3-5-13(17)7-12(10)9-18-14-6-4-11(2)15(16)8-14/h3-8,18H,9H2,1-2H3. The van der Waals surface area contributed by atoms with Crippen LogP contribution in [0.25, 0.3) is 0 Å². The minimum absolute atomic E-state index is 0.192. The molecule has 0 spiro atoms. The van der Waals surface area contributed by atoms with Crippen LogP contribution < -0.4 is 5.32 Å². The van der Waals surface area contributed by atoms with Crippen molar-refractivity contribution in [1.82, 2.24) is 0 Å². The molecule has 94 valence electrons. The van der Waals surface area contributed by atoms with Gasteiger partial charge in [0.05, 0.1) is 0 Å². The van der Waals surface area contributed by atoms with Crippen LogP contribution in [-0.4, -0.2) is 0 Å². The van der Waals surface area contributed by atoms with Crippen LogP contribution in [-0.2, 0) is 6.54 Å². The SMILES string of the molecule is Cc1ccc(NCc2cc(F)ccc2C)cc1Br. The summed E-state index contributed by atoms with van der Waals surface area (Å²) in [7, 11) is 0. The Morgan fingerprint density at radius 2 is 1.78 bits per heavy atom. The summed E-state index contributed by atoms with van der Waals surface area (Å²) in [5.41, 5.74) is 4.29. The molecule has 2 rings (SSSR count). The van der Waals surface area contributed by atoms with Crippen LogP contribution in [0, 0.1) is 19.7 Å². The van der Waals surface area contributed by atoms with Crippen LogP contribution >= 0.6 is 15.9 Å². The van der Waals surface area contributed by atoms with E-state index in [0.29, 0.717) is 6.54 Å². The minimum atomic E-state index is -0.192. The first-order valence-corrected chi connectivity index (χ1v) is 6.60. The van der Waals surface area contributed by atoms with E-state index in [4.69, 9.17) is 0 Å². The number of hydrogen-bond donors (Lipinski definition) is 1. The zero-order valence-corrected chi connectivity index (χ0v) is 12.0. The summed E-state index contributed by atoms with van der Waals surface area (Å²) in [4.78, 5) is 0. The Bertz CT molecular complexity index is 566. The van der Waals surface area contributed by atoms with Crippen LogP contribution in [0.5, 0.6) is 0 Å². The molecular formula is C15H15BrFN. The number of anilines is 1. The molecule has 2 aromatic rings. The number of aryl methyl sites for hydroxylation is 2. The molecule has 0 heterocycles. The third kappa shape index (κ3) is 3.10. The molecular weight excluding hydrogens is 293 g/mol. The first-order valence-electron chi connectivity index (χ1n) is 5.81. The van der Waals surface area contributed by atoms with E-state index in [1.807, 2.05) is 32.0 Å². The minimum Gasteiger partial charge on any atom is -0.381 e. The molecule has 0 atom stereocenters. The molecule has 0 saturated heterocycles. The molecule has 0 saturated carbocycles. The highest BCUT2D eigenvalue weighted by atomic mass is 79.9. The Balaban J connectivity index is 2.11. The predicted molar refractivity (Wildman–Crippen MR) is 77.3 cm³/mol. The van der Waals surface area contributed by atoms with Gasteiger partial charge in [-0.15, -0.1) is 0 Å². The highest BCUT2D eigenvalue weighted by Crippen LogP contribution is 2.21. The quantitative estimate of drug-likeness (QED) is 0.857. The van der Waals surface area contributed by atoms with E-state index >= 15 is 0 Å². The lowest BCUT2D eigenvalue weighted by molar-refractivity contribution is 0.625. The van der Waals surface area contributed by atoms with E-state index in [2.05, 4.69) is 21.2 Å². The molecule has 0 bridgehead atoms. The average Bonchev–Trinajstić information content (AvgIpc) is 2.34. The lowest BCUT2D eigenvalue weighted by atomic mass is 10.1. The van der Waals surface area contributed by atoms with Crippen molar-refractivity contribution < 1.29 is 4.39 Å². The molecule has 1 nitrogen and oxygen atoms in total. The van der Waals surface area contributed by atoms with E-state index < -0.39 is 0 Å². The van der Waals surface area contributed by atoms with Gasteiger partial charge in [0.25, 0.3) is 0 Å². The first kappa shape index (κ1) is 13.1. The van der Waals surface area contributed by atoms with Crippen molar-refractivity contribution in [2.75, 3.05) is 5.32 Å². The van der Waals surface area contributed by atoms with Gasteiger partial charge in [-0.05, 0) is 54.8 Å². The fourth-order valence-corrected chi connectivity index (χ4v) is 2.11. The van der Waals surface area contributed by atoms with Crippen LogP contribution in [0.15, 0.2) is 40.9 Å². The molecule has 0 aliphatic rings. The molecule has 0 aliphatic heterocycles. The predicted octanol–water partition coefficient (Wildman–Crippen LogP) is 4.82. The van der Waals surface area contributed by atoms with Gasteiger partial charge in [0.15, 0.2) is 0 Å². The van der Waals surface area contributed by atoms with Crippen molar-refractivity contribution in [1.29, 1.82) is 0 Å². The van der Waals surface area contributed by atoms with Gasteiger partial charge in [-0.3, -0.25) is 0 Å². The summed E-state index contributed by atoms with van der Waals surface area (Å²) in [5.74, 6) is -0.192. The summed E-state index contributed by atoms with van der Waals surface area (Å²) in [6, 6.07) is 11.0. The Morgan fingerprint density at radius 3 is 2.50 bits per heavy atom. The lowest BCUT2D eigenvalue weighted by Gasteiger charge is -2.10. The topological polar surface area (TPSA) is 12.0 Å². The van der Waals surface area contributed by atoms with Crippen molar-refractivity contribution in [3.8, 4) is 0 Å². The van der Waals surface area contributed by atoms with Gasteiger partial charge in [-0.2, -0.15) is 0 Å². The maximum atomic E-state index is 13.2. The summed E-state index contributed by atoms with van der Waals surface area (Å²) in [6.45, 7) is 4.66. The van der Waals surface area contributed by atoms with Gasteiger partial charge in [-0.25, -0.2) is 4.39 Å². The maximum Gasteiger partial charge on any atom is 0.123 e. The molecule has 0 aliphatic carbocycles. The van der Waals surface area contributed by atoms with Gasteiger partial charge < -0.3 is 5.32 Å². The van der Waals surface area contributed by atoms with Gasteiger partial charge in [-0.1, -0.05) is 28.1 Å². The van der Waals surface area contributed by atoms with Crippen molar-refractivity contribution in [3.05, 3.63) is 63.4 Å². The van der Waals surface area contributed by atoms with E-state index in [1.54, 1.807) is 12.1 Å². The molecule has 0 unspecified atom stereocenters. The fraction of sp³-hybridized carbons (Fsp3) is 0.200. The van der Waals surface area contributed by atoms with Crippen molar-refractivity contribution in [2.45, 2.75) is 20.4 Å². The Morgan fingerprint density at radius 1 is 1.06 bits per heavy atom. The van der Waals surface area contributed by atoms with E-state index in [0.717, 1.165) is 21.3 Å². The Hall–Kier alpha value is -1.35. The molecule has 0 radical (unpaired) electrons. The Labute approximate surface area is 115 Å². The van der Waals surface area contributed by atoms with Gasteiger partial charge in [0.2, 0.25) is 0 Å². The fourth-order valence-electron chi connectivity index (χ4n) is 1.73. The van der Waals surface area contributed by atoms with Crippen LogP contribution in [0.1, 0.15) is 16.7 Å². The highest BCUT2D eigenvalue weighted by molar-refractivity contribution is 9.10. The summed E-state index contributed by atoms with van der Waals surface area (Å²) in [5, 5.41) is 3.30. The molecule has 0 fully saturated rings. The van der Waals surface area contributed by atoms with Gasteiger partial charge >= 0.3 is 0 Å². The molecule has 0 amide bonds.